The first-order valence-electron chi connectivity index (χ1n) is 9.61. The molecule has 0 spiro atoms. The molecule has 0 bridgehead atoms. The van der Waals surface area contributed by atoms with Crippen LogP contribution in [0.3, 0.4) is 0 Å². The fourth-order valence-electron chi connectivity index (χ4n) is 3.99. The van der Waals surface area contributed by atoms with E-state index in [1.54, 1.807) is 25.2 Å². The molecule has 0 aromatic heterocycles. The predicted octanol–water partition coefficient (Wildman–Crippen LogP) is 3.60. The summed E-state index contributed by atoms with van der Waals surface area (Å²) in [6.07, 6.45) is 1.10. The lowest BCUT2D eigenvalue weighted by Crippen LogP contribution is -2.37. The summed E-state index contributed by atoms with van der Waals surface area (Å²) < 4.78 is 16.0. The van der Waals surface area contributed by atoms with E-state index in [1.165, 1.54) is 5.56 Å². The van der Waals surface area contributed by atoms with E-state index in [-0.39, 0.29) is 30.8 Å². The van der Waals surface area contributed by atoms with Gasteiger partial charge in [-0.1, -0.05) is 25.1 Å². The van der Waals surface area contributed by atoms with Crippen LogP contribution < -0.4 is 14.4 Å². The number of benzene rings is 2. The molecule has 0 fully saturated rings. The van der Waals surface area contributed by atoms with Crippen LogP contribution in [0, 0.1) is 0 Å². The standard InChI is InChI=1S/C23H23NO5/c1-4-14-5-8-16(9-6-14)24-18-13-29-23(26)22(18)17(12-21(24)25)15-7-10-19(27-2)20(11-15)28-3/h5-11,17H,4,12-13H2,1-3H3/t17-/m0/s1. The Bertz CT molecular complexity index is 993. The van der Waals surface area contributed by atoms with Crippen molar-refractivity contribution >= 4 is 17.6 Å². The summed E-state index contributed by atoms with van der Waals surface area (Å²) in [4.78, 5) is 27.3. The first-order valence-corrected chi connectivity index (χ1v) is 9.61. The lowest BCUT2D eigenvalue weighted by Gasteiger charge is -2.32. The molecule has 0 saturated carbocycles. The number of anilines is 1. The van der Waals surface area contributed by atoms with Gasteiger partial charge >= 0.3 is 5.97 Å². The van der Waals surface area contributed by atoms with Crippen LogP contribution in [0.2, 0.25) is 0 Å². The highest BCUT2D eigenvalue weighted by atomic mass is 16.5. The molecule has 2 aliphatic rings. The van der Waals surface area contributed by atoms with Crippen LogP contribution in [0.25, 0.3) is 0 Å². The molecule has 6 nitrogen and oxygen atoms in total. The van der Waals surface area contributed by atoms with Gasteiger partial charge in [0.05, 0.1) is 25.5 Å². The fraction of sp³-hybridized carbons (Fsp3) is 0.304. The van der Waals surface area contributed by atoms with Gasteiger partial charge in [-0.3, -0.25) is 9.69 Å². The third kappa shape index (κ3) is 3.24. The number of rotatable bonds is 5. The average Bonchev–Trinajstić information content (AvgIpc) is 3.14. The number of cyclic esters (lactones) is 1. The van der Waals surface area contributed by atoms with Crippen molar-refractivity contribution < 1.29 is 23.8 Å². The summed E-state index contributed by atoms with van der Waals surface area (Å²) in [5.74, 6) is 0.342. The molecule has 2 aromatic carbocycles. The Hall–Kier alpha value is -3.28. The molecule has 0 unspecified atom stereocenters. The number of hydrogen-bond donors (Lipinski definition) is 0. The van der Waals surface area contributed by atoms with Crippen molar-refractivity contribution in [1.82, 2.24) is 0 Å². The highest BCUT2D eigenvalue weighted by Crippen LogP contribution is 2.43. The number of carbonyl (C=O) groups excluding carboxylic acids is 2. The van der Waals surface area contributed by atoms with Crippen LogP contribution in [-0.2, 0) is 20.7 Å². The quantitative estimate of drug-likeness (QED) is 0.727. The number of nitrogens with zero attached hydrogens (tertiary/aromatic N) is 1. The van der Waals surface area contributed by atoms with Crippen LogP contribution in [0.4, 0.5) is 5.69 Å². The SMILES string of the molecule is CCc1ccc(N2C(=O)C[C@@H](c3ccc(OC)c(OC)c3)C3=C2COC3=O)cc1. The number of hydrogen-bond acceptors (Lipinski definition) is 5. The minimum atomic E-state index is -0.376. The van der Waals surface area contributed by atoms with Crippen molar-refractivity contribution in [3.8, 4) is 11.5 Å². The third-order valence-corrected chi connectivity index (χ3v) is 5.53. The normalized spacial score (nSPS) is 18.6. The number of carbonyl (C=O) groups is 2. The van der Waals surface area contributed by atoms with Gasteiger partial charge in [0.1, 0.15) is 6.61 Å². The Kier molecular flexibility index (Phi) is 5.01. The van der Waals surface area contributed by atoms with Gasteiger partial charge in [0, 0.05) is 18.0 Å². The predicted molar refractivity (Wildman–Crippen MR) is 108 cm³/mol. The summed E-state index contributed by atoms with van der Waals surface area (Å²) in [5, 5.41) is 0. The Balaban J connectivity index is 1.78. The van der Waals surface area contributed by atoms with E-state index in [1.807, 2.05) is 36.4 Å². The molecule has 29 heavy (non-hydrogen) atoms. The zero-order valence-corrected chi connectivity index (χ0v) is 16.7. The van der Waals surface area contributed by atoms with Gasteiger partial charge in [-0.15, -0.1) is 0 Å². The zero-order valence-electron chi connectivity index (χ0n) is 16.7. The van der Waals surface area contributed by atoms with E-state index in [0.29, 0.717) is 22.8 Å². The van der Waals surface area contributed by atoms with Gasteiger partial charge in [0.2, 0.25) is 5.91 Å². The molecule has 2 aliphatic heterocycles. The van der Waals surface area contributed by atoms with Crippen LogP contribution in [-0.4, -0.2) is 32.7 Å². The van der Waals surface area contributed by atoms with Crippen molar-refractivity contribution in [2.45, 2.75) is 25.7 Å². The molecule has 1 amide bonds. The van der Waals surface area contributed by atoms with Gasteiger partial charge in [-0.2, -0.15) is 0 Å². The number of aryl methyl sites for hydroxylation is 1. The Labute approximate surface area is 169 Å². The lowest BCUT2D eigenvalue weighted by atomic mass is 9.84. The van der Waals surface area contributed by atoms with E-state index < -0.39 is 0 Å². The Morgan fingerprint density at radius 1 is 1.03 bits per heavy atom. The van der Waals surface area contributed by atoms with Crippen molar-refractivity contribution in [3.05, 3.63) is 64.9 Å². The third-order valence-electron chi connectivity index (χ3n) is 5.53. The van der Waals surface area contributed by atoms with E-state index in [0.717, 1.165) is 17.7 Å². The molecular weight excluding hydrogens is 370 g/mol. The minimum Gasteiger partial charge on any atom is -0.493 e. The number of amides is 1. The minimum absolute atomic E-state index is 0.0638. The first-order chi connectivity index (χ1) is 14.1. The molecule has 0 aliphatic carbocycles. The molecule has 0 saturated heterocycles. The van der Waals surface area contributed by atoms with Crippen LogP contribution in [0.1, 0.15) is 30.4 Å². The summed E-state index contributed by atoms with van der Waals surface area (Å²) in [5.41, 5.74) is 3.92. The smallest absolute Gasteiger partial charge is 0.336 e. The summed E-state index contributed by atoms with van der Waals surface area (Å²) >= 11 is 0. The van der Waals surface area contributed by atoms with Gasteiger partial charge in [-0.25, -0.2) is 4.79 Å². The van der Waals surface area contributed by atoms with Gasteiger partial charge in [-0.05, 0) is 41.8 Å². The summed E-state index contributed by atoms with van der Waals surface area (Å²) in [6.45, 7) is 2.18. The molecule has 1 atom stereocenters. The van der Waals surface area contributed by atoms with Gasteiger partial charge < -0.3 is 14.2 Å². The Morgan fingerprint density at radius 3 is 2.41 bits per heavy atom. The van der Waals surface area contributed by atoms with E-state index >= 15 is 0 Å². The molecule has 2 heterocycles. The van der Waals surface area contributed by atoms with Gasteiger partial charge in [0.15, 0.2) is 11.5 Å². The first kappa shape index (κ1) is 19.1. The zero-order chi connectivity index (χ0) is 20.5. The van der Waals surface area contributed by atoms with Gasteiger partial charge in [0.25, 0.3) is 0 Å². The number of esters is 1. The molecule has 2 aromatic rings. The fourth-order valence-corrected chi connectivity index (χ4v) is 3.99. The summed E-state index contributed by atoms with van der Waals surface area (Å²) in [6, 6.07) is 13.3. The van der Waals surface area contributed by atoms with E-state index in [2.05, 4.69) is 6.92 Å². The van der Waals surface area contributed by atoms with E-state index in [9.17, 15) is 9.59 Å². The molecular formula is C23H23NO5. The lowest BCUT2D eigenvalue weighted by molar-refractivity contribution is -0.136. The molecule has 6 heteroatoms. The maximum absolute atomic E-state index is 13.1. The second-order valence-corrected chi connectivity index (χ2v) is 7.06. The highest BCUT2D eigenvalue weighted by Gasteiger charge is 2.43. The van der Waals surface area contributed by atoms with E-state index in [4.69, 9.17) is 14.2 Å². The highest BCUT2D eigenvalue weighted by molar-refractivity contribution is 6.06. The second-order valence-electron chi connectivity index (χ2n) is 7.06. The van der Waals surface area contributed by atoms with Crippen LogP contribution >= 0.6 is 0 Å². The molecule has 4 rings (SSSR count). The van der Waals surface area contributed by atoms with Crippen molar-refractivity contribution in [3.63, 3.8) is 0 Å². The molecule has 0 radical (unpaired) electrons. The average molecular weight is 393 g/mol. The topological polar surface area (TPSA) is 65.1 Å². The summed E-state index contributed by atoms with van der Waals surface area (Å²) in [7, 11) is 3.13. The maximum Gasteiger partial charge on any atom is 0.336 e. The maximum atomic E-state index is 13.1. The Morgan fingerprint density at radius 2 is 1.76 bits per heavy atom. The van der Waals surface area contributed by atoms with Crippen molar-refractivity contribution in [1.29, 1.82) is 0 Å². The van der Waals surface area contributed by atoms with Crippen LogP contribution in [0.5, 0.6) is 11.5 Å². The molecule has 0 N–H and O–H groups in total. The van der Waals surface area contributed by atoms with Crippen molar-refractivity contribution in [2.24, 2.45) is 0 Å². The van der Waals surface area contributed by atoms with Crippen LogP contribution in [0.15, 0.2) is 53.7 Å². The monoisotopic (exact) mass is 393 g/mol. The number of ether oxygens (including phenoxy) is 3. The second kappa shape index (κ2) is 7.62. The van der Waals surface area contributed by atoms with Crippen molar-refractivity contribution in [2.75, 3.05) is 25.7 Å². The molecule has 150 valence electrons. The largest absolute Gasteiger partial charge is 0.493 e. The number of methoxy groups -OCH3 is 2.